The number of aryl methyl sites for hydroxylation is 4. The second-order valence-electron chi connectivity index (χ2n) is 14.8. The molecule has 330 valence electrons. The molecule has 0 aliphatic heterocycles. The number of pyridine rings is 2. The van der Waals surface area contributed by atoms with Crippen LogP contribution >= 0.6 is 0 Å². The predicted octanol–water partition coefficient (Wildman–Crippen LogP) is 7.20. The van der Waals surface area contributed by atoms with E-state index >= 15 is 0 Å². The SMILES string of the molecule is C[n+]1cccc2ccc(NC(=O)c3ccc(NC(=O)c4ccc(C(=O)Nc5ccc6ccc[n+](C)c6c5)cc4)cc3)cc21.Cc1ccc(S(=O)(=O)[O-])cc1.Cc1ccc(S(=O)(=O)[O-])cc1. The van der Waals surface area contributed by atoms with Crippen LogP contribution in [-0.2, 0) is 34.3 Å². The van der Waals surface area contributed by atoms with Gasteiger partial charge >= 0.3 is 0 Å². The molecule has 3 amide bonds. The molecule has 0 saturated carbocycles. The van der Waals surface area contributed by atoms with Crippen LogP contribution in [0.25, 0.3) is 21.8 Å². The van der Waals surface area contributed by atoms with Crippen LogP contribution in [0.3, 0.4) is 0 Å². The standard InChI is InChI=1S/C35H27N5O3.2C7H8O3S/c1-39-19-3-5-23-11-17-29(21-31(23)39)37-34(42)26-9-7-25(8-10-26)33(41)36-28-15-13-27(14-16-28)35(43)38-30-18-12-24-6-4-20-40(2)32(24)22-30;2*1-6-2-4-7(5-3-6)11(8,9)10/h3-22H,1-2H3,(H,36,41,43);2*2-5H,1H3,(H,8,9,10). The Morgan fingerprint density at radius 2 is 0.738 bits per heavy atom. The Labute approximate surface area is 376 Å². The molecule has 6 aromatic carbocycles. The highest BCUT2D eigenvalue weighted by molar-refractivity contribution is 7.86. The number of carbonyl (C=O) groups is 3. The fourth-order valence-corrected chi connectivity index (χ4v) is 7.28. The molecule has 2 aromatic heterocycles. The van der Waals surface area contributed by atoms with Gasteiger partial charge < -0.3 is 25.1 Å². The Morgan fingerprint density at radius 3 is 1.08 bits per heavy atom. The number of rotatable bonds is 8. The van der Waals surface area contributed by atoms with Gasteiger partial charge in [0.25, 0.3) is 17.7 Å². The minimum absolute atomic E-state index is 0.178. The van der Waals surface area contributed by atoms with E-state index in [1.54, 1.807) is 72.8 Å². The molecule has 3 N–H and O–H groups in total. The Bertz CT molecular complexity index is 3180. The molecule has 0 unspecified atom stereocenters. The number of amides is 3. The summed E-state index contributed by atoms with van der Waals surface area (Å²) in [5.74, 6) is -0.839. The third-order valence-electron chi connectivity index (χ3n) is 9.94. The van der Waals surface area contributed by atoms with Crippen molar-refractivity contribution in [3.63, 3.8) is 0 Å². The predicted molar refractivity (Wildman–Crippen MR) is 245 cm³/mol. The van der Waals surface area contributed by atoms with Gasteiger partial charge in [0.2, 0.25) is 11.0 Å². The van der Waals surface area contributed by atoms with E-state index in [0.29, 0.717) is 33.8 Å². The number of nitrogens with one attached hydrogen (secondary N) is 3. The van der Waals surface area contributed by atoms with Crippen molar-refractivity contribution in [2.75, 3.05) is 16.0 Å². The van der Waals surface area contributed by atoms with E-state index in [4.69, 9.17) is 0 Å². The van der Waals surface area contributed by atoms with Gasteiger partial charge in [-0.3, -0.25) is 14.4 Å². The highest BCUT2D eigenvalue weighted by Gasteiger charge is 2.14. The summed E-state index contributed by atoms with van der Waals surface area (Å²) in [4.78, 5) is 38.1. The number of anilines is 3. The molecule has 65 heavy (non-hydrogen) atoms. The smallest absolute Gasteiger partial charge is 0.255 e. The molecular formula is C49H43N5O9S2. The fourth-order valence-electron chi connectivity index (χ4n) is 6.35. The van der Waals surface area contributed by atoms with Gasteiger partial charge in [0.05, 0.1) is 9.79 Å². The third kappa shape index (κ3) is 12.7. The molecule has 0 radical (unpaired) electrons. The zero-order valence-electron chi connectivity index (χ0n) is 35.6. The highest BCUT2D eigenvalue weighted by atomic mass is 32.2. The van der Waals surface area contributed by atoms with Crippen LogP contribution in [0.5, 0.6) is 0 Å². The van der Waals surface area contributed by atoms with Crippen molar-refractivity contribution in [1.29, 1.82) is 0 Å². The van der Waals surface area contributed by atoms with E-state index in [1.165, 1.54) is 24.3 Å². The summed E-state index contributed by atoms with van der Waals surface area (Å²) in [5, 5.41) is 10.8. The summed E-state index contributed by atoms with van der Waals surface area (Å²) in [5.41, 5.74) is 7.09. The molecule has 0 spiro atoms. The quantitative estimate of drug-likeness (QED) is 0.104. The van der Waals surface area contributed by atoms with E-state index in [-0.39, 0.29) is 27.5 Å². The first-order valence-corrected chi connectivity index (χ1v) is 22.6. The highest BCUT2D eigenvalue weighted by Crippen LogP contribution is 2.20. The molecule has 2 heterocycles. The molecule has 14 nitrogen and oxygen atoms in total. The van der Waals surface area contributed by atoms with Crippen LogP contribution in [0.1, 0.15) is 42.2 Å². The maximum Gasteiger partial charge on any atom is 0.255 e. The number of fused-ring (bicyclic) bond motifs is 2. The summed E-state index contributed by atoms with van der Waals surface area (Å²) in [6, 6.07) is 44.2. The number of aromatic nitrogens is 2. The molecule has 16 heteroatoms. The largest absolute Gasteiger partial charge is 0.744 e. The van der Waals surface area contributed by atoms with Crippen LogP contribution < -0.4 is 25.1 Å². The molecule has 8 rings (SSSR count). The summed E-state index contributed by atoms with van der Waals surface area (Å²) in [7, 11) is -4.63. The van der Waals surface area contributed by atoms with E-state index in [1.807, 2.05) is 110 Å². The maximum absolute atomic E-state index is 12.8. The second kappa shape index (κ2) is 20.3. The lowest BCUT2D eigenvalue weighted by atomic mass is 10.1. The molecule has 0 fully saturated rings. The molecule has 0 atom stereocenters. The van der Waals surface area contributed by atoms with Crippen molar-refractivity contribution in [3.05, 3.63) is 198 Å². The maximum atomic E-state index is 12.8. The number of nitrogens with zero attached hydrogens (tertiary/aromatic N) is 2. The Hall–Kier alpha value is -7.63. The van der Waals surface area contributed by atoms with Crippen LogP contribution in [0.2, 0.25) is 0 Å². The van der Waals surface area contributed by atoms with E-state index in [2.05, 4.69) is 16.0 Å². The molecular weight excluding hydrogens is 867 g/mol. The van der Waals surface area contributed by atoms with Crippen LogP contribution in [0.4, 0.5) is 17.1 Å². The van der Waals surface area contributed by atoms with Gasteiger partial charge in [0.15, 0.2) is 12.4 Å². The monoisotopic (exact) mass is 909 g/mol. The van der Waals surface area contributed by atoms with Crippen LogP contribution in [0, 0.1) is 13.8 Å². The van der Waals surface area contributed by atoms with E-state index in [0.717, 1.165) is 32.9 Å². The van der Waals surface area contributed by atoms with Crippen molar-refractivity contribution >= 4 is 76.8 Å². The average molecular weight is 910 g/mol. The number of hydrogen-bond acceptors (Lipinski definition) is 9. The van der Waals surface area contributed by atoms with Crippen molar-refractivity contribution in [2.45, 2.75) is 23.6 Å². The third-order valence-corrected chi connectivity index (χ3v) is 11.6. The van der Waals surface area contributed by atoms with E-state index in [9.17, 15) is 40.3 Å². The topological polar surface area (TPSA) is 209 Å². The first-order chi connectivity index (χ1) is 30.8. The van der Waals surface area contributed by atoms with Crippen molar-refractivity contribution < 1.29 is 49.5 Å². The minimum Gasteiger partial charge on any atom is -0.744 e. The van der Waals surface area contributed by atoms with Gasteiger partial charge in [-0.1, -0.05) is 35.4 Å². The van der Waals surface area contributed by atoms with Crippen molar-refractivity contribution in [1.82, 2.24) is 0 Å². The summed E-state index contributed by atoms with van der Waals surface area (Å²) < 4.78 is 66.3. The van der Waals surface area contributed by atoms with E-state index < -0.39 is 20.2 Å². The lowest BCUT2D eigenvalue weighted by Gasteiger charge is -2.09. The summed E-state index contributed by atoms with van der Waals surface area (Å²) >= 11 is 0. The van der Waals surface area contributed by atoms with Gasteiger partial charge in [-0.25, -0.2) is 26.0 Å². The first kappa shape index (κ1) is 46.9. The zero-order chi connectivity index (χ0) is 46.9. The number of carbonyl (C=O) groups excluding carboxylic acids is 3. The lowest BCUT2D eigenvalue weighted by Crippen LogP contribution is -2.28. The van der Waals surface area contributed by atoms with Gasteiger partial charge in [-0.15, -0.1) is 0 Å². The van der Waals surface area contributed by atoms with Gasteiger partial charge in [-0.2, -0.15) is 0 Å². The average Bonchev–Trinajstić information content (AvgIpc) is 3.27. The molecule has 0 bridgehead atoms. The Kier molecular flexibility index (Phi) is 14.6. The van der Waals surface area contributed by atoms with Crippen LogP contribution in [-0.4, -0.2) is 43.7 Å². The lowest BCUT2D eigenvalue weighted by molar-refractivity contribution is -0.645. The van der Waals surface area contributed by atoms with Gasteiger partial charge in [0.1, 0.15) is 34.3 Å². The fraction of sp³-hybridized carbons (Fsp3) is 0.0816. The molecule has 0 aliphatic rings. The van der Waals surface area contributed by atoms with Crippen LogP contribution in [0.15, 0.2) is 180 Å². The normalized spacial score (nSPS) is 11.0. The van der Waals surface area contributed by atoms with Crippen molar-refractivity contribution in [3.8, 4) is 0 Å². The van der Waals surface area contributed by atoms with Crippen molar-refractivity contribution in [2.24, 2.45) is 14.1 Å². The zero-order valence-corrected chi connectivity index (χ0v) is 37.2. The number of benzene rings is 6. The summed E-state index contributed by atoms with van der Waals surface area (Å²) in [6.45, 7) is 3.64. The van der Waals surface area contributed by atoms with Gasteiger partial charge in [-0.05, 0) is 123 Å². The number of hydrogen-bond donors (Lipinski definition) is 3. The first-order valence-electron chi connectivity index (χ1n) is 19.8. The molecule has 8 aromatic rings. The summed E-state index contributed by atoms with van der Waals surface area (Å²) in [6.07, 6.45) is 3.91. The second-order valence-corrected chi connectivity index (χ2v) is 17.6. The Balaban J connectivity index is 0.000000259. The van der Waals surface area contributed by atoms with Gasteiger partial charge in [0, 0.05) is 68.8 Å². The molecule has 0 aliphatic carbocycles. The minimum atomic E-state index is -4.27. The molecule has 0 saturated heterocycles. The Morgan fingerprint density at radius 1 is 0.431 bits per heavy atom.